The Kier molecular flexibility index (Phi) is 14.7. The Morgan fingerprint density at radius 2 is 2.25 bits per heavy atom. The zero-order valence-corrected chi connectivity index (χ0v) is 13.4. The van der Waals surface area contributed by atoms with E-state index in [-0.39, 0.29) is 25.8 Å². The molecule has 1 unspecified atom stereocenters. The Hall–Kier alpha value is -0.157. The van der Waals surface area contributed by atoms with Gasteiger partial charge in [-0.2, -0.15) is 12.5 Å². The third-order valence-corrected chi connectivity index (χ3v) is 2.01. The van der Waals surface area contributed by atoms with Gasteiger partial charge in [0, 0.05) is 6.61 Å². The number of hydrogen-bond acceptors (Lipinski definition) is 2. The van der Waals surface area contributed by atoms with E-state index >= 15 is 0 Å². The summed E-state index contributed by atoms with van der Waals surface area (Å²) in [4.78, 5) is 0. The van der Waals surface area contributed by atoms with Crippen LogP contribution in [-0.2, 0) is 29.0 Å². The molecule has 1 atom stereocenters. The summed E-state index contributed by atoms with van der Waals surface area (Å²) in [5.41, 5.74) is 0.802. The molecular weight excluding hydrogens is 254 g/mol. The van der Waals surface area contributed by atoms with Crippen molar-refractivity contribution < 1.29 is 29.0 Å². The maximum absolute atomic E-state index is 6.83. The van der Waals surface area contributed by atoms with Crippen molar-refractivity contribution in [1.29, 1.82) is 0 Å². The van der Waals surface area contributed by atoms with Crippen LogP contribution in [0.5, 0.6) is 0 Å². The SMILES string of the molecule is [C-]#C/C(C)=C/COC1CCCCO1.[CH2-]C.[Zn+2]. The van der Waals surface area contributed by atoms with E-state index in [1.807, 2.05) is 13.0 Å². The van der Waals surface area contributed by atoms with Crippen molar-refractivity contribution in [3.8, 4) is 5.92 Å². The second-order valence-electron chi connectivity index (χ2n) is 3.14. The smallest absolute Gasteiger partial charge is 0.366 e. The molecule has 0 amide bonds. The third-order valence-electron chi connectivity index (χ3n) is 2.01. The van der Waals surface area contributed by atoms with Crippen LogP contribution in [0.4, 0.5) is 0 Å². The van der Waals surface area contributed by atoms with Crippen LogP contribution in [-0.4, -0.2) is 19.5 Å². The van der Waals surface area contributed by atoms with Gasteiger partial charge in [0.2, 0.25) is 0 Å². The molecule has 0 saturated carbocycles. The summed E-state index contributed by atoms with van der Waals surface area (Å²) in [6.45, 7) is 8.16. The van der Waals surface area contributed by atoms with Gasteiger partial charge in [-0.05, 0) is 19.3 Å². The van der Waals surface area contributed by atoms with E-state index in [2.05, 4.69) is 12.8 Å². The predicted octanol–water partition coefficient (Wildman–Crippen LogP) is 2.90. The molecule has 16 heavy (non-hydrogen) atoms. The molecule has 0 N–H and O–H groups in total. The summed E-state index contributed by atoms with van der Waals surface area (Å²) in [6.07, 6.45) is 11.9. The van der Waals surface area contributed by atoms with Gasteiger partial charge >= 0.3 is 19.5 Å². The summed E-state index contributed by atoms with van der Waals surface area (Å²) >= 11 is 0. The van der Waals surface area contributed by atoms with Crippen molar-refractivity contribution in [3.63, 3.8) is 0 Å². The Labute approximate surface area is 113 Å². The Morgan fingerprint density at radius 1 is 1.56 bits per heavy atom. The molecule has 1 rings (SSSR count). The molecule has 3 heteroatoms. The van der Waals surface area contributed by atoms with Gasteiger partial charge in [0.1, 0.15) is 0 Å². The summed E-state index contributed by atoms with van der Waals surface area (Å²) in [5.74, 6) is 2.29. The van der Waals surface area contributed by atoms with Gasteiger partial charge in [-0.1, -0.05) is 6.92 Å². The summed E-state index contributed by atoms with van der Waals surface area (Å²) in [5, 5.41) is 0. The Balaban J connectivity index is 0. The fourth-order valence-corrected chi connectivity index (χ4v) is 1.17. The van der Waals surface area contributed by atoms with Crippen molar-refractivity contribution in [2.24, 2.45) is 0 Å². The molecule has 0 spiro atoms. The van der Waals surface area contributed by atoms with E-state index in [0.717, 1.165) is 25.0 Å². The largest absolute Gasteiger partial charge is 2.00 e. The van der Waals surface area contributed by atoms with E-state index in [1.165, 1.54) is 6.42 Å². The van der Waals surface area contributed by atoms with Crippen LogP contribution in [0.1, 0.15) is 33.1 Å². The average molecular weight is 274 g/mol. The van der Waals surface area contributed by atoms with Crippen LogP contribution in [0.25, 0.3) is 0 Å². The molecule has 1 heterocycles. The first-order chi connectivity index (χ1) is 7.33. The van der Waals surface area contributed by atoms with Crippen molar-refractivity contribution in [2.75, 3.05) is 13.2 Å². The Morgan fingerprint density at radius 3 is 2.75 bits per heavy atom. The molecule has 1 aliphatic heterocycles. The van der Waals surface area contributed by atoms with Crippen molar-refractivity contribution >= 4 is 0 Å². The van der Waals surface area contributed by atoms with Crippen LogP contribution in [0, 0.1) is 19.3 Å². The van der Waals surface area contributed by atoms with Crippen molar-refractivity contribution in [2.45, 2.75) is 39.4 Å². The first-order valence-corrected chi connectivity index (χ1v) is 5.36. The first-order valence-electron chi connectivity index (χ1n) is 5.36. The number of allylic oxidation sites excluding steroid dienone is 1. The maximum atomic E-state index is 6.83. The Bertz CT molecular complexity index is 212. The van der Waals surface area contributed by atoms with Crippen LogP contribution in [0.3, 0.4) is 0 Å². The molecule has 86 valence electrons. The van der Waals surface area contributed by atoms with E-state index in [4.69, 9.17) is 15.9 Å². The fourth-order valence-electron chi connectivity index (χ4n) is 1.17. The molecule has 1 aliphatic rings. The van der Waals surface area contributed by atoms with Gasteiger partial charge in [-0.25, -0.2) is 0 Å². The van der Waals surface area contributed by atoms with Gasteiger partial charge in [-0.3, -0.25) is 5.92 Å². The van der Waals surface area contributed by atoms with E-state index < -0.39 is 0 Å². The molecule has 0 radical (unpaired) electrons. The quantitative estimate of drug-likeness (QED) is 0.447. The van der Waals surface area contributed by atoms with E-state index in [9.17, 15) is 0 Å². The van der Waals surface area contributed by atoms with Gasteiger partial charge in [0.15, 0.2) is 6.29 Å². The monoisotopic (exact) mass is 272 g/mol. The minimum atomic E-state index is -0.0384. The first kappa shape index (κ1) is 18.2. The minimum absolute atomic E-state index is 0. The summed E-state index contributed by atoms with van der Waals surface area (Å²) in [6, 6.07) is 0. The molecule has 1 fully saturated rings. The molecule has 2 nitrogen and oxygen atoms in total. The van der Waals surface area contributed by atoms with Crippen LogP contribution >= 0.6 is 0 Å². The van der Waals surface area contributed by atoms with E-state index in [1.54, 1.807) is 6.92 Å². The minimum Gasteiger partial charge on any atom is -0.366 e. The zero-order valence-electron chi connectivity index (χ0n) is 10.4. The number of hydrogen-bond donors (Lipinski definition) is 0. The van der Waals surface area contributed by atoms with Crippen LogP contribution in [0.15, 0.2) is 11.6 Å². The van der Waals surface area contributed by atoms with Crippen molar-refractivity contribution in [1.82, 2.24) is 0 Å². The van der Waals surface area contributed by atoms with Gasteiger partial charge in [-0.15, -0.1) is 6.08 Å². The second kappa shape index (κ2) is 12.9. The van der Waals surface area contributed by atoms with Crippen molar-refractivity contribution in [3.05, 3.63) is 25.0 Å². The topological polar surface area (TPSA) is 18.5 Å². The molecule has 0 aromatic heterocycles. The van der Waals surface area contributed by atoms with Crippen LogP contribution in [0.2, 0.25) is 0 Å². The summed E-state index contributed by atoms with van der Waals surface area (Å²) < 4.78 is 10.8. The molecule has 0 aromatic rings. The number of rotatable bonds is 3. The normalized spacial score (nSPS) is 19.9. The third kappa shape index (κ3) is 9.10. The molecule has 0 aromatic carbocycles. The fraction of sp³-hybridized carbons (Fsp3) is 0.615. The average Bonchev–Trinajstić information content (AvgIpc) is 2.33. The molecule has 1 saturated heterocycles. The van der Waals surface area contributed by atoms with Gasteiger partial charge < -0.3 is 22.8 Å². The molecule has 0 aliphatic carbocycles. The maximum Gasteiger partial charge on any atom is 2.00 e. The molecular formula is C13H20O2Zn. The van der Waals surface area contributed by atoms with Gasteiger partial charge in [0.25, 0.3) is 0 Å². The van der Waals surface area contributed by atoms with Crippen LogP contribution < -0.4 is 0 Å². The predicted molar refractivity (Wildman–Crippen MR) is 61.5 cm³/mol. The number of ether oxygens (including phenoxy) is 2. The molecule has 0 bridgehead atoms. The zero-order chi connectivity index (χ0) is 11.5. The second-order valence-corrected chi connectivity index (χ2v) is 3.14. The summed E-state index contributed by atoms with van der Waals surface area (Å²) in [7, 11) is 0. The van der Waals surface area contributed by atoms with E-state index in [0.29, 0.717) is 6.61 Å². The van der Waals surface area contributed by atoms with Gasteiger partial charge in [0.05, 0.1) is 6.61 Å². The standard InChI is InChI=1S/C11H15O2.C2H5.Zn/c1-3-10(2)7-9-13-11-6-4-5-8-12-11;1-2;/h7,11H,4-6,8-9H2,2H3;1H2,2H3;/q2*-1;+2/b10-7+;;.